The number of carbonyl (C=O) groups excluding carboxylic acids is 1. The van der Waals surface area contributed by atoms with Gasteiger partial charge in [0.15, 0.2) is 0 Å². The summed E-state index contributed by atoms with van der Waals surface area (Å²) < 4.78 is 25.7. The molecular weight excluding hydrogens is 336 g/mol. The molecule has 0 fully saturated rings. The van der Waals surface area contributed by atoms with Crippen molar-refractivity contribution in [2.24, 2.45) is 5.10 Å². The fraction of sp³-hybridized carbons (Fsp3) is 0.214. The molecule has 0 saturated carbocycles. The Kier molecular flexibility index (Phi) is 3.90. The van der Waals surface area contributed by atoms with Crippen molar-refractivity contribution in [3.8, 4) is 0 Å². The lowest BCUT2D eigenvalue weighted by Gasteiger charge is -2.14. The normalized spacial score (nSPS) is 16.5. The monoisotopic (exact) mass is 350 g/mol. The van der Waals surface area contributed by atoms with E-state index in [4.69, 9.17) is 0 Å². The summed E-state index contributed by atoms with van der Waals surface area (Å²) in [6.45, 7) is 3.41. The van der Waals surface area contributed by atoms with Crippen LogP contribution in [0.1, 0.15) is 23.0 Å². The molecule has 7 nitrogen and oxygen atoms in total. The van der Waals surface area contributed by atoms with Crippen molar-refractivity contribution in [3.63, 3.8) is 0 Å². The first kappa shape index (κ1) is 15.6. The third kappa shape index (κ3) is 2.84. The molecule has 1 amide bonds. The zero-order valence-electron chi connectivity index (χ0n) is 12.5. The Morgan fingerprint density at radius 2 is 2.13 bits per heavy atom. The maximum atomic E-state index is 12.4. The summed E-state index contributed by atoms with van der Waals surface area (Å²) in [5, 5.41) is 6.58. The number of rotatable bonds is 4. The van der Waals surface area contributed by atoms with E-state index in [9.17, 15) is 13.2 Å². The van der Waals surface area contributed by atoms with Gasteiger partial charge >= 0.3 is 0 Å². The van der Waals surface area contributed by atoms with E-state index in [1.54, 1.807) is 19.1 Å². The van der Waals surface area contributed by atoms with Crippen LogP contribution >= 0.6 is 11.3 Å². The average Bonchev–Trinajstić information content (AvgIpc) is 3.02. The van der Waals surface area contributed by atoms with E-state index in [0.717, 1.165) is 10.00 Å². The number of nitrogens with one attached hydrogen (secondary N) is 1. The van der Waals surface area contributed by atoms with Crippen molar-refractivity contribution in [1.82, 2.24) is 9.29 Å². The molecule has 2 heterocycles. The van der Waals surface area contributed by atoms with Crippen LogP contribution in [0.3, 0.4) is 0 Å². The van der Waals surface area contributed by atoms with Gasteiger partial charge in [-0.05, 0) is 26.0 Å². The van der Waals surface area contributed by atoms with E-state index in [1.807, 2.05) is 12.3 Å². The number of sulfonamides is 1. The molecule has 0 bridgehead atoms. The van der Waals surface area contributed by atoms with Crippen molar-refractivity contribution >= 4 is 38.1 Å². The summed E-state index contributed by atoms with van der Waals surface area (Å²) >= 11 is 1.40. The number of hydrogen-bond acceptors (Lipinski definition) is 7. The molecule has 1 N–H and O–H groups in total. The van der Waals surface area contributed by atoms with Crippen LogP contribution in [0.2, 0.25) is 0 Å². The van der Waals surface area contributed by atoms with Gasteiger partial charge in [-0.15, -0.1) is 11.3 Å². The van der Waals surface area contributed by atoms with Crippen LogP contribution in [-0.2, 0) is 10.0 Å². The van der Waals surface area contributed by atoms with Crippen LogP contribution in [-0.4, -0.2) is 35.9 Å². The minimum atomic E-state index is -3.81. The first-order chi connectivity index (χ1) is 10.9. The summed E-state index contributed by atoms with van der Waals surface area (Å²) in [7, 11) is -3.81. The summed E-state index contributed by atoms with van der Waals surface area (Å²) in [4.78, 5) is 16.5. The number of fused-ring (bicyclic) bond motifs is 1. The minimum Gasteiger partial charge on any atom is -0.268 e. The quantitative estimate of drug-likeness (QED) is 0.673. The largest absolute Gasteiger partial charge is 0.269 e. The second-order valence-corrected chi connectivity index (χ2v) is 7.75. The van der Waals surface area contributed by atoms with Crippen molar-refractivity contribution in [3.05, 3.63) is 40.9 Å². The van der Waals surface area contributed by atoms with Crippen molar-refractivity contribution in [1.29, 1.82) is 0 Å². The Labute approximate surface area is 137 Å². The number of thiazole rings is 1. The molecule has 2 aromatic rings. The van der Waals surface area contributed by atoms with Crippen LogP contribution in [0.4, 0.5) is 5.13 Å². The van der Waals surface area contributed by atoms with Crippen molar-refractivity contribution in [2.45, 2.75) is 18.7 Å². The molecule has 9 heteroatoms. The van der Waals surface area contributed by atoms with Gasteiger partial charge in [0.05, 0.1) is 23.5 Å². The molecule has 0 aliphatic carbocycles. The van der Waals surface area contributed by atoms with Crippen LogP contribution < -0.4 is 5.43 Å². The van der Waals surface area contributed by atoms with Gasteiger partial charge in [0.1, 0.15) is 4.90 Å². The fourth-order valence-corrected chi connectivity index (χ4v) is 4.40. The standard InChI is InChI=1S/C14H14N4O3S2/c1-9(16-17-14-15-10(2)8-22-14)7-18-13(19)11-5-3-4-6-12(11)23(18,20)21/h3-6,8H,7H2,1-2H3,(H,15,17)/b16-9-. The number of hydrazone groups is 1. The highest BCUT2D eigenvalue weighted by Gasteiger charge is 2.40. The molecule has 120 valence electrons. The summed E-state index contributed by atoms with van der Waals surface area (Å²) in [6.07, 6.45) is 0. The Morgan fingerprint density at radius 1 is 1.39 bits per heavy atom. The SMILES string of the molecule is C/C(CN1C(=O)c2ccccc2S1(=O)=O)=N/Nc1nc(C)cs1. The molecule has 1 aliphatic heterocycles. The lowest BCUT2D eigenvalue weighted by molar-refractivity contribution is 0.0883. The number of anilines is 1. The molecule has 0 radical (unpaired) electrons. The van der Waals surface area contributed by atoms with Gasteiger partial charge < -0.3 is 0 Å². The highest BCUT2D eigenvalue weighted by atomic mass is 32.2. The van der Waals surface area contributed by atoms with E-state index in [2.05, 4.69) is 15.5 Å². The van der Waals surface area contributed by atoms with Gasteiger partial charge in [0.2, 0.25) is 5.13 Å². The summed E-state index contributed by atoms with van der Waals surface area (Å²) in [5.74, 6) is -0.528. The Hall–Kier alpha value is -2.26. The molecule has 0 unspecified atom stereocenters. The number of aromatic nitrogens is 1. The number of benzene rings is 1. The zero-order chi connectivity index (χ0) is 16.6. The zero-order valence-corrected chi connectivity index (χ0v) is 14.1. The Bertz CT molecular complexity index is 902. The average molecular weight is 350 g/mol. The molecule has 1 aromatic heterocycles. The molecule has 1 aromatic carbocycles. The van der Waals surface area contributed by atoms with E-state index in [0.29, 0.717) is 10.8 Å². The van der Waals surface area contributed by atoms with Crippen LogP contribution in [0, 0.1) is 6.92 Å². The van der Waals surface area contributed by atoms with Gasteiger partial charge in [0, 0.05) is 5.38 Å². The van der Waals surface area contributed by atoms with Crippen molar-refractivity contribution in [2.75, 3.05) is 12.0 Å². The summed E-state index contributed by atoms with van der Waals surface area (Å²) in [6, 6.07) is 6.19. The molecule has 1 aliphatic rings. The molecular formula is C14H14N4O3S2. The fourth-order valence-electron chi connectivity index (χ4n) is 2.18. The number of carbonyl (C=O) groups is 1. The maximum absolute atomic E-state index is 12.4. The number of amides is 1. The number of aryl methyl sites for hydroxylation is 1. The third-order valence-corrected chi connectivity index (χ3v) is 5.90. The van der Waals surface area contributed by atoms with E-state index in [1.165, 1.54) is 23.5 Å². The van der Waals surface area contributed by atoms with Gasteiger partial charge in [0.25, 0.3) is 15.9 Å². The van der Waals surface area contributed by atoms with Crippen LogP contribution in [0.15, 0.2) is 39.6 Å². The van der Waals surface area contributed by atoms with Crippen molar-refractivity contribution < 1.29 is 13.2 Å². The van der Waals surface area contributed by atoms with Gasteiger partial charge in [-0.25, -0.2) is 17.7 Å². The smallest absolute Gasteiger partial charge is 0.268 e. The van der Waals surface area contributed by atoms with Gasteiger partial charge in [-0.2, -0.15) is 5.10 Å². The topological polar surface area (TPSA) is 91.7 Å². The number of hydrogen-bond donors (Lipinski definition) is 1. The molecule has 0 saturated heterocycles. The summed E-state index contributed by atoms with van der Waals surface area (Å²) in [5.41, 5.74) is 4.30. The molecule has 3 rings (SSSR count). The maximum Gasteiger partial charge on any atom is 0.269 e. The van der Waals surface area contributed by atoms with Crippen LogP contribution in [0.25, 0.3) is 0 Å². The molecule has 23 heavy (non-hydrogen) atoms. The second kappa shape index (κ2) is 5.74. The Balaban J connectivity index is 1.79. The third-order valence-electron chi connectivity index (χ3n) is 3.25. The first-order valence-corrected chi connectivity index (χ1v) is 9.09. The van der Waals surface area contributed by atoms with Gasteiger partial charge in [-0.1, -0.05) is 12.1 Å². The predicted octanol–water partition coefficient (Wildman–Crippen LogP) is 2.08. The van der Waals surface area contributed by atoms with E-state index < -0.39 is 15.9 Å². The lowest BCUT2D eigenvalue weighted by atomic mass is 10.2. The molecule has 0 spiro atoms. The van der Waals surface area contributed by atoms with Gasteiger partial charge in [-0.3, -0.25) is 10.2 Å². The highest BCUT2D eigenvalue weighted by molar-refractivity contribution is 7.90. The van der Waals surface area contributed by atoms with Crippen LogP contribution in [0.5, 0.6) is 0 Å². The predicted molar refractivity (Wildman–Crippen MR) is 88.2 cm³/mol. The lowest BCUT2D eigenvalue weighted by Crippen LogP contribution is -2.34. The van der Waals surface area contributed by atoms with E-state index >= 15 is 0 Å². The Morgan fingerprint density at radius 3 is 2.78 bits per heavy atom. The van der Waals surface area contributed by atoms with E-state index in [-0.39, 0.29) is 17.0 Å². The minimum absolute atomic E-state index is 0.0429. The number of nitrogens with zero attached hydrogens (tertiary/aromatic N) is 3. The first-order valence-electron chi connectivity index (χ1n) is 6.77. The molecule has 0 atom stereocenters. The highest BCUT2D eigenvalue weighted by Crippen LogP contribution is 2.29. The second-order valence-electron chi connectivity index (χ2n) is 5.07.